The zero-order valence-electron chi connectivity index (χ0n) is 11.6. The van der Waals surface area contributed by atoms with Crippen LogP contribution in [0.25, 0.3) is 0 Å². The van der Waals surface area contributed by atoms with Crippen molar-refractivity contribution >= 4 is 31.8 Å². The summed E-state index contributed by atoms with van der Waals surface area (Å²) in [5, 5.41) is 1.39. The lowest BCUT2D eigenvalue weighted by Gasteiger charge is -2.30. The van der Waals surface area contributed by atoms with Gasteiger partial charge in [0.05, 0.1) is 0 Å². The molecular formula is C12H24O2Si3. The molecule has 0 heterocycles. The van der Waals surface area contributed by atoms with Crippen LogP contribution in [-0.4, -0.2) is 26.6 Å². The highest BCUT2D eigenvalue weighted by molar-refractivity contribution is 6.82. The van der Waals surface area contributed by atoms with Crippen LogP contribution >= 0.6 is 0 Å². The van der Waals surface area contributed by atoms with Crippen molar-refractivity contribution in [2.24, 2.45) is 0 Å². The van der Waals surface area contributed by atoms with Crippen molar-refractivity contribution in [3.8, 4) is 0 Å². The maximum atomic E-state index is 6.37. The molecule has 1 atom stereocenters. The van der Waals surface area contributed by atoms with E-state index in [0.29, 0.717) is 0 Å². The van der Waals surface area contributed by atoms with Crippen molar-refractivity contribution < 1.29 is 8.23 Å². The first-order valence-electron chi connectivity index (χ1n) is 6.35. The van der Waals surface area contributed by atoms with Gasteiger partial charge in [0.15, 0.2) is 18.1 Å². The molecule has 1 rings (SSSR count). The summed E-state index contributed by atoms with van der Waals surface area (Å²) in [7, 11) is -4.21. The van der Waals surface area contributed by atoms with Crippen molar-refractivity contribution in [1.82, 2.24) is 0 Å². The molecule has 0 aliphatic carbocycles. The van der Waals surface area contributed by atoms with Crippen molar-refractivity contribution in [3.63, 3.8) is 0 Å². The van der Waals surface area contributed by atoms with Crippen molar-refractivity contribution in [3.05, 3.63) is 30.3 Å². The Morgan fingerprint density at radius 3 is 2.12 bits per heavy atom. The van der Waals surface area contributed by atoms with Crippen LogP contribution in [-0.2, 0) is 8.23 Å². The van der Waals surface area contributed by atoms with Crippen molar-refractivity contribution in [2.75, 3.05) is 0 Å². The van der Waals surface area contributed by atoms with Crippen LogP contribution in [0.3, 0.4) is 0 Å². The predicted octanol–water partition coefficient (Wildman–Crippen LogP) is 2.36. The van der Waals surface area contributed by atoms with Crippen LogP contribution in [0.15, 0.2) is 30.3 Å². The van der Waals surface area contributed by atoms with E-state index in [1.165, 1.54) is 5.19 Å². The zero-order chi connectivity index (χ0) is 12.9. The van der Waals surface area contributed by atoms with Gasteiger partial charge in [0.2, 0.25) is 0 Å². The van der Waals surface area contributed by atoms with Gasteiger partial charge in [0, 0.05) is 0 Å². The highest BCUT2D eigenvalue weighted by atomic mass is 28.5. The second kappa shape index (κ2) is 6.65. The fourth-order valence-corrected chi connectivity index (χ4v) is 12.3. The Kier molecular flexibility index (Phi) is 5.81. The molecule has 0 saturated carbocycles. The summed E-state index contributed by atoms with van der Waals surface area (Å²) in [6.07, 6.45) is 0. The van der Waals surface area contributed by atoms with E-state index >= 15 is 0 Å². The fraction of sp³-hybridized carbons (Fsp3) is 0.500. The number of hydrogen-bond acceptors (Lipinski definition) is 2. The first-order chi connectivity index (χ1) is 7.94. The summed E-state index contributed by atoms with van der Waals surface area (Å²) in [6.45, 7) is 11.0. The molecule has 0 radical (unpaired) electrons. The van der Waals surface area contributed by atoms with Crippen LogP contribution in [0.5, 0.6) is 0 Å². The average molecular weight is 285 g/mol. The minimum Gasteiger partial charge on any atom is -0.440 e. The quantitative estimate of drug-likeness (QED) is 0.747. The highest BCUT2D eigenvalue weighted by Crippen LogP contribution is 2.12. The standard InChI is InChI=1S/C12H24O2Si3/c1-6-16(12-10-8-7-9-11-12)14-17(4,5)13-15(2)3/h7-11,15-16H,6H2,1-5H3. The molecule has 0 bridgehead atoms. The lowest BCUT2D eigenvalue weighted by molar-refractivity contribution is 0.415. The van der Waals surface area contributed by atoms with E-state index in [1.807, 2.05) is 0 Å². The maximum Gasteiger partial charge on any atom is 0.311 e. The molecule has 0 fully saturated rings. The summed E-state index contributed by atoms with van der Waals surface area (Å²) >= 11 is 0. The minimum absolute atomic E-state index is 1.00. The van der Waals surface area contributed by atoms with Gasteiger partial charge in [-0.1, -0.05) is 37.3 Å². The Hall–Kier alpha value is -0.209. The van der Waals surface area contributed by atoms with E-state index in [2.05, 4.69) is 63.4 Å². The lowest BCUT2D eigenvalue weighted by atomic mass is 10.4. The molecule has 1 aromatic carbocycles. The molecule has 0 aliphatic rings. The van der Waals surface area contributed by atoms with E-state index in [0.717, 1.165) is 6.04 Å². The number of benzene rings is 1. The molecular weight excluding hydrogens is 260 g/mol. The summed E-state index contributed by atoms with van der Waals surface area (Å²) in [4.78, 5) is 0. The van der Waals surface area contributed by atoms with E-state index in [1.54, 1.807) is 0 Å². The molecule has 0 N–H and O–H groups in total. The van der Waals surface area contributed by atoms with E-state index in [9.17, 15) is 0 Å². The van der Waals surface area contributed by atoms with Crippen molar-refractivity contribution in [1.29, 1.82) is 0 Å². The van der Waals surface area contributed by atoms with E-state index < -0.39 is 26.6 Å². The topological polar surface area (TPSA) is 18.5 Å². The Bertz CT molecular complexity index is 328. The summed E-state index contributed by atoms with van der Waals surface area (Å²) in [6, 6.07) is 11.8. The zero-order valence-corrected chi connectivity index (χ0v) is 14.9. The summed E-state index contributed by atoms with van der Waals surface area (Å²) in [5.74, 6) is 0. The first-order valence-corrected chi connectivity index (χ1v) is 13.8. The van der Waals surface area contributed by atoms with Gasteiger partial charge < -0.3 is 8.23 Å². The molecule has 0 saturated heterocycles. The molecule has 0 aromatic heterocycles. The summed E-state index contributed by atoms with van der Waals surface area (Å²) < 4.78 is 12.5. The van der Waals surface area contributed by atoms with Crippen LogP contribution in [0.4, 0.5) is 0 Å². The molecule has 17 heavy (non-hydrogen) atoms. The van der Waals surface area contributed by atoms with Gasteiger partial charge in [0.1, 0.15) is 0 Å². The first kappa shape index (κ1) is 14.9. The molecule has 2 nitrogen and oxygen atoms in total. The third-order valence-corrected chi connectivity index (χ3v) is 11.9. The lowest BCUT2D eigenvalue weighted by Crippen LogP contribution is -2.47. The molecule has 1 aromatic rings. The van der Waals surface area contributed by atoms with Gasteiger partial charge in [-0.05, 0) is 37.4 Å². The molecule has 0 spiro atoms. The monoisotopic (exact) mass is 284 g/mol. The predicted molar refractivity (Wildman–Crippen MR) is 82.2 cm³/mol. The van der Waals surface area contributed by atoms with Gasteiger partial charge in [-0.3, -0.25) is 0 Å². The third kappa shape index (κ3) is 5.31. The maximum absolute atomic E-state index is 6.37. The Labute approximate surface area is 110 Å². The minimum atomic E-state index is -1.91. The smallest absolute Gasteiger partial charge is 0.311 e. The third-order valence-electron chi connectivity index (χ3n) is 2.49. The summed E-state index contributed by atoms with van der Waals surface area (Å²) in [5.41, 5.74) is 0. The molecule has 0 amide bonds. The second-order valence-corrected chi connectivity index (χ2v) is 14.2. The number of hydrogen-bond donors (Lipinski definition) is 0. The van der Waals surface area contributed by atoms with Crippen molar-refractivity contribution in [2.45, 2.75) is 39.2 Å². The second-order valence-electron chi connectivity index (χ2n) is 4.99. The highest BCUT2D eigenvalue weighted by Gasteiger charge is 2.30. The van der Waals surface area contributed by atoms with Gasteiger partial charge in [-0.15, -0.1) is 0 Å². The van der Waals surface area contributed by atoms with Crippen LogP contribution in [0, 0.1) is 0 Å². The Balaban J connectivity index is 2.70. The molecule has 96 valence electrons. The average Bonchev–Trinajstić information content (AvgIpc) is 2.25. The van der Waals surface area contributed by atoms with Gasteiger partial charge in [0.25, 0.3) is 0 Å². The van der Waals surface area contributed by atoms with Crippen LogP contribution < -0.4 is 5.19 Å². The number of rotatable bonds is 6. The van der Waals surface area contributed by atoms with Crippen LogP contribution in [0.2, 0.25) is 32.2 Å². The van der Waals surface area contributed by atoms with Gasteiger partial charge >= 0.3 is 8.56 Å². The van der Waals surface area contributed by atoms with Crippen LogP contribution in [0.1, 0.15) is 6.92 Å². The molecule has 0 aliphatic heterocycles. The fourth-order valence-electron chi connectivity index (χ4n) is 1.99. The Morgan fingerprint density at radius 1 is 1.06 bits per heavy atom. The van der Waals surface area contributed by atoms with Gasteiger partial charge in [-0.25, -0.2) is 0 Å². The van der Waals surface area contributed by atoms with E-state index in [4.69, 9.17) is 8.23 Å². The largest absolute Gasteiger partial charge is 0.440 e. The Morgan fingerprint density at radius 2 is 1.65 bits per heavy atom. The molecule has 5 heteroatoms. The van der Waals surface area contributed by atoms with E-state index in [-0.39, 0.29) is 0 Å². The SMILES string of the molecule is CC[SiH](O[Si](C)(C)O[SiH](C)C)c1ccccc1. The van der Waals surface area contributed by atoms with Gasteiger partial charge in [-0.2, -0.15) is 0 Å². The molecule has 1 unspecified atom stereocenters. The normalized spacial score (nSPS) is 14.0.